The highest BCUT2D eigenvalue weighted by Gasteiger charge is 2.27. The molecule has 0 bridgehead atoms. The van der Waals surface area contributed by atoms with Crippen LogP contribution in [0.25, 0.3) is 0 Å². The second-order valence-corrected chi connectivity index (χ2v) is 6.61. The molecule has 1 aliphatic heterocycles. The van der Waals surface area contributed by atoms with Gasteiger partial charge in [-0.2, -0.15) is 4.31 Å². The van der Waals surface area contributed by atoms with Gasteiger partial charge in [0.05, 0.1) is 12.4 Å². The van der Waals surface area contributed by atoms with E-state index in [1.807, 2.05) is 6.92 Å². The number of nitrogens with zero attached hydrogens (tertiary/aromatic N) is 3. The van der Waals surface area contributed by atoms with E-state index in [1.165, 1.54) is 16.7 Å². The minimum atomic E-state index is -3.66. The summed E-state index contributed by atoms with van der Waals surface area (Å²) in [5.41, 5.74) is 0. The summed E-state index contributed by atoms with van der Waals surface area (Å²) in [6.45, 7) is 3.48. The summed E-state index contributed by atoms with van der Waals surface area (Å²) in [6.07, 6.45) is 3.68. The first kappa shape index (κ1) is 15.6. The molecule has 0 radical (unpaired) electrons. The predicted molar refractivity (Wildman–Crippen MR) is 77.2 cm³/mol. The average Bonchev–Trinajstić information content (AvgIpc) is 2.70. The van der Waals surface area contributed by atoms with Crippen LogP contribution < -0.4 is 10.6 Å². The van der Waals surface area contributed by atoms with Crippen molar-refractivity contribution in [1.82, 2.24) is 19.6 Å². The molecule has 0 aliphatic carbocycles. The zero-order chi connectivity index (χ0) is 15.3. The van der Waals surface area contributed by atoms with E-state index in [0.717, 1.165) is 13.0 Å². The van der Waals surface area contributed by atoms with Crippen LogP contribution in [0.3, 0.4) is 0 Å². The van der Waals surface area contributed by atoms with Crippen molar-refractivity contribution in [3.05, 3.63) is 12.4 Å². The van der Waals surface area contributed by atoms with Gasteiger partial charge in [-0.15, -0.1) is 0 Å². The molecule has 1 aromatic rings. The second-order valence-electron chi connectivity index (χ2n) is 4.67. The number of hydrogen-bond acceptors (Lipinski definition) is 6. The molecule has 1 aromatic heterocycles. The normalized spacial score (nSPS) is 17.1. The third kappa shape index (κ3) is 3.88. The van der Waals surface area contributed by atoms with E-state index < -0.39 is 10.0 Å². The number of aromatic nitrogens is 2. The third-order valence-corrected chi connectivity index (χ3v) is 4.92. The van der Waals surface area contributed by atoms with Crippen LogP contribution in [0.5, 0.6) is 0 Å². The number of sulfonamides is 1. The van der Waals surface area contributed by atoms with Gasteiger partial charge < -0.3 is 10.6 Å². The molecule has 2 rings (SSSR count). The smallest absolute Gasteiger partial charge is 0.246 e. The van der Waals surface area contributed by atoms with Crippen molar-refractivity contribution < 1.29 is 13.2 Å². The third-order valence-electron chi connectivity index (χ3n) is 3.07. The number of nitrogens with one attached hydrogen (secondary N) is 2. The van der Waals surface area contributed by atoms with Gasteiger partial charge in [-0.3, -0.25) is 4.79 Å². The molecule has 1 saturated heterocycles. The Morgan fingerprint density at radius 2 is 2.05 bits per heavy atom. The molecule has 0 atom stereocenters. The van der Waals surface area contributed by atoms with Crippen molar-refractivity contribution >= 4 is 21.9 Å². The van der Waals surface area contributed by atoms with Crippen molar-refractivity contribution in [3.63, 3.8) is 0 Å². The lowest BCUT2D eigenvalue weighted by atomic mass is 10.4. The summed E-state index contributed by atoms with van der Waals surface area (Å²) < 4.78 is 26.2. The maximum absolute atomic E-state index is 12.5. The molecule has 8 nitrogen and oxygen atoms in total. The summed E-state index contributed by atoms with van der Waals surface area (Å²) in [5.74, 6) is 0.270. The Balaban J connectivity index is 2.13. The molecule has 9 heteroatoms. The highest BCUT2D eigenvalue weighted by atomic mass is 32.2. The summed E-state index contributed by atoms with van der Waals surface area (Å²) in [5, 5.41) is 5.63. The zero-order valence-electron chi connectivity index (χ0n) is 11.9. The monoisotopic (exact) mass is 313 g/mol. The van der Waals surface area contributed by atoms with Gasteiger partial charge in [0.25, 0.3) is 0 Å². The molecule has 1 amide bonds. The van der Waals surface area contributed by atoms with E-state index in [9.17, 15) is 13.2 Å². The highest BCUT2D eigenvalue weighted by molar-refractivity contribution is 7.89. The van der Waals surface area contributed by atoms with Gasteiger partial charge in [0, 0.05) is 32.6 Å². The topological polar surface area (TPSA) is 104 Å². The van der Waals surface area contributed by atoms with E-state index in [1.54, 1.807) is 0 Å². The van der Waals surface area contributed by atoms with Crippen LogP contribution in [0.15, 0.2) is 17.3 Å². The van der Waals surface area contributed by atoms with Gasteiger partial charge in [0.1, 0.15) is 4.90 Å². The minimum absolute atomic E-state index is 0.0406. The second kappa shape index (κ2) is 6.81. The quantitative estimate of drug-likeness (QED) is 0.781. The summed E-state index contributed by atoms with van der Waals surface area (Å²) >= 11 is 0. The Kier molecular flexibility index (Phi) is 5.07. The Bertz CT molecular complexity index is 587. The van der Waals surface area contributed by atoms with Crippen LogP contribution in [0.4, 0.5) is 5.95 Å². The SMILES string of the molecule is CCCNc1ncc(S(=O)(=O)N2CCNC(=O)CC2)cn1. The number of hydrogen-bond donors (Lipinski definition) is 2. The Morgan fingerprint density at radius 3 is 2.71 bits per heavy atom. The first-order valence-electron chi connectivity index (χ1n) is 6.87. The van der Waals surface area contributed by atoms with Crippen LogP contribution in [0.1, 0.15) is 19.8 Å². The number of carbonyl (C=O) groups excluding carboxylic acids is 1. The van der Waals surface area contributed by atoms with Gasteiger partial charge in [-0.25, -0.2) is 18.4 Å². The Labute approximate surface area is 124 Å². The van der Waals surface area contributed by atoms with E-state index in [4.69, 9.17) is 0 Å². The van der Waals surface area contributed by atoms with Crippen molar-refractivity contribution in [3.8, 4) is 0 Å². The molecule has 2 heterocycles. The van der Waals surface area contributed by atoms with E-state index >= 15 is 0 Å². The van der Waals surface area contributed by atoms with Crippen molar-refractivity contribution in [2.24, 2.45) is 0 Å². The standard InChI is InChI=1S/C12H19N5O3S/c1-2-4-14-12-15-8-10(9-16-12)21(19,20)17-6-3-11(18)13-5-7-17/h8-9H,2-7H2,1H3,(H,13,18)(H,14,15,16). The highest BCUT2D eigenvalue weighted by Crippen LogP contribution is 2.15. The molecule has 0 aromatic carbocycles. The van der Waals surface area contributed by atoms with E-state index in [2.05, 4.69) is 20.6 Å². The largest absolute Gasteiger partial charge is 0.355 e. The first-order chi connectivity index (χ1) is 10.0. The first-order valence-corrected chi connectivity index (χ1v) is 8.31. The van der Waals surface area contributed by atoms with Crippen LogP contribution >= 0.6 is 0 Å². The lowest BCUT2D eigenvalue weighted by molar-refractivity contribution is -0.120. The lowest BCUT2D eigenvalue weighted by Crippen LogP contribution is -2.34. The van der Waals surface area contributed by atoms with Gasteiger partial charge in [-0.1, -0.05) is 6.92 Å². The van der Waals surface area contributed by atoms with Crippen LogP contribution in [0, 0.1) is 0 Å². The molecule has 1 fully saturated rings. The maximum Gasteiger partial charge on any atom is 0.246 e. The Hall–Kier alpha value is -1.74. The average molecular weight is 313 g/mol. The van der Waals surface area contributed by atoms with Crippen molar-refractivity contribution in [1.29, 1.82) is 0 Å². The van der Waals surface area contributed by atoms with Crippen LogP contribution in [0.2, 0.25) is 0 Å². The fourth-order valence-electron chi connectivity index (χ4n) is 1.91. The summed E-state index contributed by atoms with van der Waals surface area (Å²) in [7, 11) is -3.66. The van der Waals surface area contributed by atoms with Crippen molar-refractivity contribution in [2.75, 3.05) is 31.5 Å². The Morgan fingerprint density at radius 1 is 1.33 bits per heavy atom. The molecule has 0 spiro atoms. The molecule has 1 aliphatic rings. The lowest BCUT2D eigenvalue weighted by Gasteiger charge is -2.18. The molecule has 116 valence electrons. The summed E-state index contributed by atoms with van der Waals surface area (Å²) in [6, 6.07) is 0. The van der Waals surface area contributed by atoms with Gasteiger partial charge in [-0.05, 0) is 6.42 Å². The molecule has 0 unspecified atom stereocenters. The fraction of sp³-hybridized carbons (Fsp3) is 0.583. The number of amides is 1. The van der Waals surface area contributed by atoms with Gasteiger partial charge >= 0.3 is 0 Å². The van der Waals surface area contributed by atoms with Crippen LogP contribution in [-0.2, 0) is 14.8 Å². The number of carbonyl (C=O) groups is 1. The van der Waals surface area contributed by atoms with E-state index in [-0.39, 0.29) is 30.3 Å². The van der Waals surface area contributed by atoms with Gasteiger partial charge in [0.2, 0.25) is 21.9 Å². The molecule has 2 N–H and O–H groups in total. The zero-order valence-corrected chi connectivity index (χ0v) is 12.7. The van der Waals surface area contributed by atoms with E-state index in [0.29, 0.717) is 12.5 Å². The molecular weight excluding hydrogens is 294 g/mol. The van der Waals surface area contributed by atoms with Crippen LogP contribution in [-0.4, -0.2) is 54.8 Å². The summed E-state index contributed by atoms with van der Waals surface area (Å²) in [4.78, 5) is 19.3. The fourth-order valence-corrected chi connectivity index (χ4v) is 3.25. The van der Waals surface area contributed by atoms with Crippen molar-refractivity contribution in [2.45, 2.75) is 24.7 Å². The maximum atomic E-state index is 12.5. The number of anilines is 1. The molecule has 21 heavy (non-hydrogen) atoms. The minimum Gasteiger partial charge on any atom is -0.355 e. The predicted octanol–water partition coefficient (Wildman–Crippen LogP) is -0.191. The molecule has 0 saturated carbocycles. The van der Waals surface area contributed by atoms with Gasteiger partial charge in [0.15, 0.2) is 0 Å². The number of rotatable bonds is 5. The molecular formula is C12H19N5O3S.